The number of unbranched alkanes of at least 4 members (excludes halogenated alkanes) is 6. The molecule has 1 unspecified atom stereocenters. The number of carbonyl (C=O) groups excluding carboxylic acids is 1. The molecule has 190 valence electrons. The Morgan fingerprint density at radius 1 is 1.06 bits per heavy atom. The lowest BCUT2D eigenvalue weighted by molar-refractivity contribution is -0.134. The van der Waals surface area contributed by atoms with E-state index in [9.17, 15) is 4.79 Å². The van der Waals surface area contributed by atoms with Gasteiger partial charge in [-0.15, -0.1) is 0 Å². The number of methoxy groups -OCH3 is 1. The van der Waals surface area contributed by atoms with Crippen LogP contribution in [0.5, 0.6) is 11.5 Å². The molecular weight excluding hydrogens is 458 g/mol. The van der Waals surface area contributed by atoms with Crippen molar-refractivity contribution in [2.75, 3.05) is 20.7 Å². The second-order valence-electron chi connectivity index (χ2n) is 10.3. The number of halogens is 1. The maximum absolute atomic E-state index is 12.7. The lowest BCUT2D eigenvalue weighted by Crippen LogP contribution is -2.39. The summed E-state index contributed by atoms with van der Waals surface area (Å²) >= 11 is 6.68. The van der Waals surface area contributed by atoms with Crippen LogP contribution in [0.1, 0.15) is 93.9 Å². The van der Waals surface area contributed by atoms with Gasteiger partial charge in [0.05, 0.1) is 7.11 Å². The maximum atomic E-state index is 12.7. The first-order chi connectivity index (χ1) is 17.0. The summed E-state index contributed by atoms with van der Waals surface area (Å²) in [6.07, 6.45) is 11.8. The maximum Gasteiger partial charge on any atom is 0.311 e. The molecule has 1 aliphatic carbocycles. The van der Waals surface area contributed by atoms with Gasteiger partial charge < -0.3 is 9.47 Å². The molecule has 1 aliphatic heterocycles. The van der Waals surface area contributed by atoms with E-state index in [0.29, 0.717) is 17.9 Å². The van der Waals surface area contributed by atoms with Gasteiger partial charge in [0.15, 0.2) is 11.5 Å². The Labute approximate surface area is 215 Å². The Morgan fingerprint density at radius 3 is 2.46 bits per heavy atom. The number of carbonyl (C=O) groups is 1. The van der Waals surface area contributed by atoms with Crippen LogP contribution in [0.15, 0.2) is 36.4 Å². The van der Waals surface area contributed by atoms with Gasteiger partial charge in [0.25, 0.3) is 0 Å². The molecule has 5 heteroatoms. The number of benzene rings is 2. The second kappa shape index (κ2) is 11.8. The molecule has 0 N–H and O–H groups in total. The third-order valence-corrected chi connectivity index (χ3v) is 8.15. The van der Waals surface area contributed by atoms with Crippen LogP contribution in [0.4, 0.5) is 0 Å². The predicted octanol–water partition coefficient (Wildman–Crippen LogP) is 7.66. The molecule has 4 rings (SSSR count). The van der Waals surface area contributed by atoms with E-state index >= 15 is 0 Å². The fraction of sp³-hybridized carbons (Fsp3) is 0.567. The average molecular weight is 498 g/mol. The van der Waals surface area contributed by atoms with Crippen molar-refractivity contribution in [2.45, 2.75) is 89.0 Å². The van der Waals surface area contributed by atoms with Gasteiger partial charge >= 0.3 is 5.97 Å². The Hall–Kier alpha value is -2.04. The van der Waals surface area contributed by atoms with Crippen LogP contribution in [0.25, 0.3) is 0 Å². The van der Waals surface area contributed by atoms with Crippen LogP contribution in [0.2, 0.25) is 5.02 Å². The molecule has 4 nitrogen and oxygen atoms in total. The molecule has 0 spiro atoms. The van der Waals surface area contributed by atoms with E-state index < -0.39 is 0 Å². The molecule has 1 heterocycles. The number of nitrogens with zero attached hydrogens (tertiary/aromatic N) is 1. The van der Waals surface area contributed by atoms with Crippen LogP contribution < -0.4 is 9.47 Å². The first kappa shape index (κ1) is 26.0. The van der Waals surface area contributed by atoms with Gasteiger partial charge in [0, 0.05) is 29.4 Å². The minimum Gasteiger partial charge on any atom is -0.493 e. The van der Waals surface area contributed by atoms with Crippen molar-refractivity contribution in [1.29, 1.82) is 0 Å². The highest BCUT2D eigenvalue weighted by Crippen LogP contribution is 2.61. The summed E-state index contributed by atoms with van der Waals surface area (Å²) in [4.78, 5) is 15.1. The molecule has 35 heavy (non-hydrogen) atoms. The van der Waals surface area contributed by atoms with E-state index in [-0.39, 0.29) is 17.4 Å². The SMILES string of the molecule is CCCCCCCCCC(=O)Oc1cc2c(cc1OC)CCN(C)C2C1(c2ccccc2Cl)CC1. The average Bonchev–Trinajstić information content (AvgIpc) is 3.64. The fourth-order valence-electron chi connectivity index (χ4n) is 5.80. The highest BCUT2D eigenvalue weighted by molar-refractivity contribution is 6.31. The number of ether oxygens (including phenoxy) is 2. The van der Waals surface area contributed by atoms with Gasteiger partial charge in [-0.3, -0.25) is 9.69 Å². The quantitative estimate of drug-likeness (QED) is 0.171. The minimum absolute atomic E-state index is 0.00406. The van der Waals surface area contributed by atoms with Crippen molar-refractivity contribution in [3.05, 3.63) is 58.1 Å². The van der Waals surface area contributed by atoms with Crippen LogP contribution >= 0.6 is 11.6 Å². The van der Waals surface area contributed by atoms with E-state index in [2.05, 4.69) is 43.1 Å². The van der Waals surface area contributed by atoms with E-state index in [0.717, 1.165) is 43.7 Å². The number of esters is 1. The molecular formula is C30H40ClNO3. The van der Waals surface area contributed by atoms with Crippen LogP contribution in [-0.2, 0) is 16.6 Å². The van der Waals surface area contributed by atoms with Crippen molar-refractivity contribution in [2.24, 2.45) is 0 Å². The second-order valence-corrected chi connectivity index (χ2v) is 10.7. The van der Waals surface area contributed by atoms with E-state index in [1.807, 2.05) is 12.1 Å². The van der Waals surface area contributed by atoms with Gasteiger partial charge in [-0.2, -0.15) is 0 Å². The zero-order valence-electron chi connectivity index (χ0n) is 21.6. The molecule has 0 amide bonds. The number of hydrogen-bond acceptors (Lipinski definition) is 4. The van der Waals surface area contributed by atoms with Crippen molar-refractivity contribution < 1.29 is 14.3 Å². The van der Waals surface area contributed by atoms with E-state index in [1.54, 1.807) is 7.11 Å². The molecule has 0 saturated heterocycles. The summed E-state index contributed by atoms with van der Waals surface area (Å²) in [5.41, 5.74) is 3.72. The molecule has 1 fully saturated rings. The largest absolute Gasteiger partial charge is 0.493 e. The van der Waals surface area contributed by atoms with Crippen LogP contribution in [0.3, 0.4) is 0 Å². The first-order valence-corrected chi connectivity index (χ1v) is 13.7. The number of fused-ring (bicyclic) bond motifs is 1. The van der Waals surface area contributed by atoms with Gasteiger partial charge in [-0.05, 0) is 67.6 Å². The zero-order chi connectivity index (χ0) is 24.8. The molecule has 2 aromatic carbocycles. The molecule has 0 radical (unpaired) electrons. The van der Waals surface area contributed by atoms with Crippen molar-refractivity contribution in [3.8, 4) is 11.5 Å². The minimum atomic E-state index is -0.176. The lowest BCUT2D eigenvalue weighted by atomic mass is 9.78. The standard InChI is InChI=1S/C30H40ClNO3/c1-4-5-6-7-8-9-10-15-28(33)35-27-21-23-22(20-26(27)34-3)16-19-32(2)29(23)30(17-18-30)24-13-11-12-14-25(24)31/h11-14,20-21,29H,4-10,15-19H2,1-3H3. The monoisotopic (exact) mass is 497 g/mol. The van der Waals surface area contributed by atoms with Crippen molar-refractivity contribution in [1.82, 2.24) is 4.90 Å². The summed E-state index contributed by atoms with van der Waals surface area (Å²) in [5.74, 6) is 1.00. The van der Waals surface area contributed by atoms with Crippen LogP contribution in [0, 0.1) is 0 Å². The number of likely N-dealkylation sites (N-methyl/N-ethyl adjacent to an activating group) is 1. The van der Waals surface area contributed by atoms with Crippen molar-refractivity contribution in [3.63, 3.8) is 0 Å². The molecule has 0 aromatic heterocycles. The summed E-state index contributed by atoms with van der Waals surface area (Å²) in [5, 5.41) is 0.834. The highest BCUT2D eigenvalue weighted by atomic mass is 35.5. The molecule has 0 bridgehead atoms. The summed E-state index contributed by atoms with van der Waals surface area (Å²) in [7, 11) is 3.84. The Kier molecular flexibility index (Phi) is 8.77. The van der Waals surface area contributed by atoms with E-state index in [1.165, 1.54) is 48.8 Å². The summed E-state index contributed by atoms with van der Waals surface area (Å²) < 4.78 is 11.5. The predicted molar refractivity (Wildman–Crippen MR) is 143 cm³/mol. The number of hydrogen-bond donors (Lipinski definition) is 0. The zero-order valence-corrected chi connectivity index (χ0v) is 22.3. The lowest BCUT2D eigenvalue weighted by Gasteiger charge is -2.41. The van der Waals surface area contributed by atoms with Crippen molar-refractivity contribution >= 4 is 17.6 Å². The topological polar surface area (TPSA) is 38.8 Å². The van der Waals surface area contributed by atoms with Gasteiger partial charge in [-0.25, -0.2) is 0 Å². The molecule has 1 saturated carbocycles. The number of rotatable bonds is 12. The highest BCUT2D eigenvalue weighted by Gasteiger charge is 2.54. The third kappa shape index (κ3) is 5.86. The van der Waals surface area contributed by atoms with Crippen LogP contribution in [-0.4, -0.2) is 31.6 Å². The molecule has 1 atom stereocenters. The fourth-order valence-corrected chi connectivity index (χ4v) is 6.12. The normalized spacial score (nSPS) is 18.7. The molecule has 2 aromatic rings. The summed E-state index contributed by atoms with van der Waals surface area (Å²) in [6.45, 7) is 3.21. The van der Waals surface area contributed by atoms with Gasteiger partial charge in [0.1, 0.15) is 0 Å². The van der Waals surface area contributed by atoms with Gasteiger partial charge in [-0.1, -0.05) is 75.2 Å². The van der Waals surface area contributed by atoms with E-state index in [4.69, 9.17) is 21.1 Å². The Bertz CT molecular complexity index is 1020. The third-order valence-electron chi connectivity index (χ3n) is 7.83. The molecule has 2 aliphatic rings. The summed E-state index contributed by atoms with van der Waals surface area (Å²) in [6, 6.07) is 12.6. The smallest absolute Gasteiger partial charge is 0.311 e. The van der Waals surface area contributed by atoms with Gasteiger partial charge in [0.2, 0.25) is 0 Å². The first-order valence-electron chi connectivity index (χ1n) is 13.4. The Morgan fingerprint density at radius 2 is 1.77 bits per heavy atom. The Balaban J connectivity index is 1.51.